The Hall–Kier alpha value is -1.30. The van der Waals surface area contributed by atoms with Crippen LogP contribution in [0.2, 0.25) is 0 Å². The van der Waals surface area contributed by atoms with E-state index in [2.05, 4.69) is 25.2 Å². The van der Waals surface area contributed by atoms with Crippen molar-refractivity contribution >= 4 is 0 Å². The van der Waals surface area contributed by atoms with Crippen LogP contribution >= 0.6 is 0 Å². The molecule has 0 N–H and O–H groups in total. The molecule has 0 amide bonds. The topological polar surface area (TPSA) is 0 Å². The second-order valence-corrected chi connectivity index (χ2v) is 5.75. The summed E-state index contributed by atoms with van der Waals surface area (Å²) < 4.78 is 0. The Morgan fingerprint density at radius 3 is 1.55 bits per heavy atom. The minimum atomic E-state index is 1.20. The van der Waals surface area contributed by atoms with Gasteiger partial charge in [0.15, 0.2) is 0 Å². The van der Waals surface area contributed by atoms with Gasteiger partial charge in [-0.15, -0.1) is 0 Å². The van der Waals surface area contributed by atoms with Crippen molar-refractivity contribution in [3.63, 3.8) is 0 Å². The van der Waals surface area contributed by atoms with E-state index in [4.69, 9.17) is 6.58 Å². The minimum absolute atomic E-state index is 1.20. The van der Waals surface area contributed by atoms with Crippen LogP contribution in [0.15, 0.2) is 54.7 Å². The van der Waals surface area contributed by atoms with E-state index >= 15 is 0 Å². The first-order valence-electron chi connectivity index (χ1n) is 9.12. The van der Waals surface area contributed by atoms with Crippen LogP contribution in [0.1, 0.15) is 77.6 Å². The molecule has 0 aliphatic carbocycles. The van der Waals surface area contributed by atoms with Gasteiger partial charge in [0.05, 0.1) is 0 Å². The Labute approximate surface area is 139 Å². The lowest BCUT2D eigenvalue weighted by Gasteiger charge is -2.01. The second kappa shape index (κ2) is 19.7. The number of allylic oxidation sites excluding steroid dienone is 9. The first-order chi connectivity index (χ1) is 10.9. The van der Waals surface area contributed by atoms with E-state index in [-0.39, 0.29) is 0 Å². The number of hydrogen-bond donors (Lipinski definition) is 0. The Kier molecular flexibility index (Phi) is 18.5. The van der Waals surface area contributed by atoms with Gasteiger partial charge >= 0.3 is 0 Å². The SMILES string of the molecule is [CH]=C/C=C/C=C/C=C/C=C/CCCCCCCCCCCC. The number of unbranched alkanes of at least 4 members (excludes halogenated alkanes) is 10. The summed E-state index contributed by atoms with van der Waals surface area (Å²) in [6.07, 6.45) is 33.0. The Bertz CT molecular complexity index is 328. The highest BCUT2D eigenvalue weighted by atomic mass is 14.0. The van der Waals surface area contributed by atoms with E-state index in [1.165, 1.54) is 76.7 Å². The summed E-state index contributed by atoms with van der Waals surface area (Å²) in [5.74, 6) is 0. The third-order valence-electron chi connectivity index (χ3n) is 3.64. The predicted molar refractivity (Wildman–Crippen MR) is 102 cm³/mol. The maximum absolute atomic E-state index is 5.23. The van der Waals surface area contributed by atoms with Gasteiger partial charge in [-0.2, -0.15) is 0 Å². The fraction of sp³-hybridized carbons (Fsp3) is 0.545. The average Bonchev–Trinajstić information content (AvgIpc) is 2.54. The van der Waals surface area contributed by atoms with Crippen LogP contribution in [-0.4, -0.2) is 0 Å². The summed E-state index contributed by atoms with van der Waals surface area (Å²) in [6, 6.07) is 0. The van der Waals surface area contributed by atoms with Crippen LogP contribution in [0.3, 0.4) is 0 Å². The summed E-state index contributed by atoms with van der Waals surface area (Å²) in [6.45, 7) is 7.50. The van der Waals surface area contributed by atoms with Crippen LogP contribution in [0.4, 0.5) is 0 Å². The minimum Gasteiger partial charge on any atom is -0.0845 e. The first-order valence-corrected chi connectivity index (χ1v) is 9.12. The Morgan fingerprint density at radius 1 is 0.545 bits per heavy atom. The molecule has 0 aromatic carbocycles. The molecule has 123 valence electrons. The fourth-order valence-electron chi connectivity index (χ4n) is 2.31. The Balaban J connectivity index is 3.26. The Morgan fingerprint density at radius 2 is 1.00 bits per heavy atom. The molecular weight excluding hydrogens is 264 g/mol. The van der Waals surface area contributed by atoms with Crippen molar-refractivity contribution in [2.45, 2.75) is 77.6 Å². The summed E-state index contributed by atoms with van der Waals surface area (Å²) in [5, 5.41) is 0. The first kappa shape index (κ1) is 20.7. The zero-order valence-corrected chi connectivity index (χ0v) is 14.6. The molecule has 0 spiro atoms. The average molecular weight is 300 g/mol. The standard InChI is InChI=1S/C22H35/c1-3-5-7-9-11-13-15-17-19-21-22-20-18-16-14-12-10-8-6-4-2/h1,3,5,7,9,11,13,15,17,19H,4,6,8,10,12,14,16,18,20-22H2,2H3/b3-1?,7-5+,11-9+,15-13+,19-17+. The van der Waals surface area contributed by atoms with Gasteiger partial charge in [0.1, 0.15) is 0 Å². The van der Waals surface area contributed by atoms with Crippen molar-refractivity contribution in [3.05, 3.63) is 61.3 Å². The van der Waals surface area contributed by atoms with E-state index in [0.717, 1.165) is 0 Å². The normalized spacial score (nSPS) is 12.4. The molecule has 22 heavy (non-hydrogen) atoms. The van der Waals surface area contributed by atoms with E-state index < -0.39 is 0 Å². The van der Waals surface area contributed by atoms with Gasteiger partial charge in [-0.25, -0.2) is 0 Å². The van der Waals surface area contributed by atoms with Crippen LogP contribution in [0.25, 0.3) is 0 Å². The lowest BCUT2D eigenvalue weighted by atomic mass is 10.1. The molecular formula is C22H35. The summed E-state index contributed by atoms with van der Waals surface area (Å²) in [5.41, 5.74) is 0. The number of rotatable bonds is 15. The van der Waals surface area contributed by atoms with Gasteiger partial charge in [-0.05, 0) is 12.8 Å². The molecule has 0 heterocycles. The van der Waals surface area contributed by atoms with Gasteiger partial charge in [-0.3, -0.25) is 0 Å². The molecule has 1 radical (unpaired) electrons. The molecule has 0 bridgehead atoms. The molecule has 0 unspecified atom stereocenters. The van der Waals surface area contributed by atoms with Gasteiger partial charge in [0, 0.05) is 0 Å². The van der Waals surface area contributed by atoms with Gasteiger partial charge in [-0.1, -0.05) is 126 Å². The third kappa shape index (κ3) is 18.7. The van der Waals surface area contributed by atoms with Crippen molar-refractivity contribution in [2.75, 3.05) is 0 Å². The molecule has 0 nitrogen and oxygen atoms in total. The zero-order chi connectivity index (χ0) is 16.1. The smallest absolute Gasteiger partial charge is 0.0348 e. The molecule has 0 aliphatic rings. The van der Waals surface area contributed by atoms with Crippen LogP contribution < -0.4 is 0 Å². The fourth-order valence-corrected chi connectivity index (χ4v) is 2.31. The lowest BCUT2D eigenvalue weighted by molar-refractivity contribution is 0.557. The van der Waals surface area contributed by atoms with Gasteiger partial charge in [0.2, 0.25) is 0 Å². The summed E-state index contributed by atoms with van der Waals surface area (Å²) in [4.78, 5) is 0. The second-order valence-electron chi connectivity index (χ2n) is 5.75. The summed E-state index contributed by atoms with van der Waals surface area (Å²) in [7, 11) is 0. The van der Waals surface area contributed by atoms with Crippen LogP contribution in [0, 0.1) is 6.58 Å². The molecule has 0 fully saturated rings. The predicted octanol–water partition coefficient (Wildman–Crippen LogP) is 7.51. The van der Waals surface area contributed by atoms with Crippen LogP contribution in [0.5, 0.6) is 0 Å². The van der Waals surface area contributed by atoms with Crippen LogP contribution in [-0.2, 0) is 0 Å². The molecule has 0 atom stereocenters. The highest BCUT2D eigenvalue weighted by molar-refractivity contribution is 5.16. The van der Waals surface area contributed by atoms with E-state index in [9.17, 15) is 0 Å². The molecule has 0 heteroatoms. The van der Waals surface area contributed by atoms with Crippen molar-refractivity contribution in [3.8, 4) is 0 Å². The van der Waals surface area contributed by atoms with E-state index in [1.54, 1.807) is 0 Å². The monoisotopic (exact) mass is 299 g/mol. The summed E-state index contributed by atoms with van der Waals surface area (Å²) >= 11 is 0. The highest BCUT2D eigenvalue weighted by Gasteiger charge is 1.91. The molecule has 0 saturated carbocycles. The third-order valence-corrected chi connectivity index (χ3v) is 3.64. The van der Waals surface area contributed by atoms with E-state index in [0.29, 0.717) is 0 Å². The van der Waals surface area contributed by atoms with Gasteiger partial charge < -0.3 is 0 Å². The highest BCUT2D eigenvalue weighted by Crippen LogP contribution is 2.11. The van der Waals surface area contributed by atoms with Crippen molar-refractivity contribution in [1.29, 1.82) is 0 Å². The number of hydrogen-bond acceptors (Lipinski definition) is 0. The maximum Gasteiger partial charge on any atom is -0.0348 e. The van der Waals surface area contributed by atoms with Crippen molar-refractivity contribution < 1.29 is 0 Å². The van der Waals surface area contributed by atoms with E-state index in [1.807, 2.05) is 30.4 Å². The maximum atomic E-state index is 5.23. The van der Waals surface area contributed by atoms with Crippen molar-refractivity contribution in [1.82, 2.24) is 0 Å². The molecule has 0 saturated heterocycles. The quantitative estimate of drug-likeness (QED) is 0.217. The zero-order valence-electron chi connectivity index (χ0n) is 14.6. The lowest BCUT2D eigenvalue weighted by Crippen LogP contribution is -1.81. The molecule has 0 aromatic rings. The molecule has 0 aliphatic heterocycles. The van der Waals surface area contributed by atoms with Crippen molar-refractivity contribution in [2.24, 2.45) is 0 Å². The largest absolute Gasteiger partial charge is 0.0845 e. The van der Waals surface area contributed by atoms with Gasteiger partial charge in [0.25, 0.3) is 0 Å². The molecule has 0 rings (SSSR count). The molecule has 0 aromatic heterocycles.